The van der Waals surface area contributed by atoms with E-state index in [9.17, 15) is 9.59 Å². The van der Waals surface area contributed by atoms with E-state index in [-0.39, 0.29) is 29.2 Å². The number of carbonyl (C=O) groups is 2. The van der Waals surface area contributed by atoms with Gasteiger partial charge in [-0.05, 0) is 44.9 Å². The van der Waals surface area contributed by atoms with Crippen molar-refractivity contribution in [2.75, 3.05) is 26.7 Å². The topological polar surface area (TPSA) is 70.5 Å². The van der Waals surface area contributed by atoms with Gasteiger partial charge in [0.2, 0.25) is 11.8 Å². The van der Waals surface area contributed by atoms with Gasteiger partial charge in [0.15, 0.2) is 0 Å². The molecule has 2 aliphatic rings. The first-order valence-corrected chi connectivity index (χ1v) is 11.0. The molecular formula is C22H37N5O2. The van der Waals surface area contributed by atoms with Gasteiger partial charge >= 0.3 is 0 Å². The molecule has 162 valence electrons. The zero-order chi connectivity index (χ0) is 21.3. The van der Waals surface area contributed by atoms with Gasteiger partial charge in [0.1, 0.15) is 0 Å². The average molecular weight is 404 g/mol. The van der Waals surface area contributed by atoms with Crippen molar-refractivity contribution in [3.63, 3.8) is 0 Å². The van der Waals surface area contributed by atoms with Gasteiger partial charge < -0.3 is 10.2 Å². The molecular weight excluding hydrogens is 366 g/mol. The number of hydrogen-bond donors (Lipinski definition) is 1. The van der Waals surface area contributed by atoms with Crippen LogP contribution in [0.5, 0.6) is 0 Å². The average Bonchev–Trinajstić information content (AvgIpc) is 3.08. The van der Waals surface area contributed by atoms with Crippen molar-refractivity contribution >= 4 is 11.8 Å². The van der Waals surface area contributed by atoms with E-state index >= 15 is 0 Å². The minimum absolute atomic E-state index is 0.0286. The van der Waals surface area contributed by atoms with E-state index in [0.717, 1.165) is 43.7 Å². The third-order valence-electron chi connectivity index (χ3n) is 6.62. The minimum Gasteiger partial charge on any atom is -0.358 e. The van der Waals surface area contributed by atoms with Crippen LogP contribution < -0.4 is 5.32 Å². The van der Waals surface area contributed by atoms with E-state index in [4.69, 9.17) is 0 Å². The quantitative estimate of drug-likeness (QED) is 0.721. The molecule has 1 saturated heterocycles. The molecule has 0 unspecified atom stereocenters. The highest BCUT2D eigenvalue weighted by Gasteiger charge is 2.64. The van der Waals surface area contributed by atoms with Gasteiger partial charge in [0.25, 0.3) is 0 Å². The number of aryl methyl sites for hydroxylation is 2. The summed E-state index contributed by atoms with van der Waals surface area (Å²) in [5, 5.41) is 7.33. The normalized spacial score (nSPS) is 26.3. The van der Waals surface area contributed by atoms with Gasteiger partial charge in [-0.3, -0.25) is 19.2 Å². The predicted molar refractivity (Wildman–Crippen MR) is 113 cm³/mol. The molecule has 29 heavy (non-hydrogen) atoms. The van der Waals surface area contributed by atoms with Crippen molar-refractivity contribution in [2.45, 2.75) is 66.6 Å². The Morgan fingerprint density at radius 2 is 2.07 bits per heavy atom. The Morgan fingerprint density at radius 1 is 1.34 bits per heavy atom. The zero-order valence-corrected chi connectivity index (χ0v) is 18.9. The third-order valence-corrected chi connectivity index (χ3v) is 6.62. The highest BCUT2D eigenvalue weighted by Crippen LogP contribution is 2.60. The van der Waals surface area contributed by atoms with Crippen molar-refractivity contribution in [3.8, 4) is 0 Å². The molecule has 2 amide bonds. The van der Waals surface area contributed by atoms with Crippen LogP contribution in [0, 0.1) is 24.2 Å². The van der Waals surface area contributed by atoms with Crippen LogP contribution in [0.15, 0.2) is 6.20 Å². The van der Waals surface area contributed by atoms with Crippen molar-refractivity contribution in [1.82, 2.24) is 24.9 Å². The summed E-state index contributed by atoms with van der Waals surface area (Å²) in [4.78, 5) is 30.0. The number of nitrogens with zero attached hydrogens (tertiary/aromatic N) is 4. The predicted octanol–water partition coefficient (Wildman–Crippen LogP) is 2.04. The Bertz CT molecular complexity index is 758. The number of likely N-dealkylation sites (N-methyl/N-ethyl adjacent to an activating group) is 1. The summed E-state index contributed by atoms with van der Waals surface area (Å²) in [5.41, 5.74) is 2.08. The fourth-order valence-corrected chi connectivity index (χ4v) is 4.92. The summed E-state index contributed by atoms with van der Waals surface area (Å²) in [6.07, 6.45) is 3.74. The van der Waals surface area contributed by atoms with Gasteiger partial charge in [-0.1, -0.05) is 13.8 Å². The molecule has 1 N–H and O–H groups in total. The number of carbonyl (C=O) groups excluding carboxylic acids is 2. The number of nitrogens with one attached hydrogen (secondary N) is 1. The van der Waals surface area contributed by atoms with E-state index in [2.05, 4.69) is 42.3 Å². The van der Waals surface area contributed by atoms with E-state index in [1.165, 1.54) is 0 Å². The van der Waals surface area contributed by atoms with Gasteiger partial charge in [0.05, 0.1) is 11.7 Å². The van der Waals surface area contributed by atoms with Crippen LogP contribution in [0.25, 0.3) is 0 Å². The Kier molecular flexibility index (Phi) is 6.36. The van der Waals surface area contributed by atoms with Gasteiger partial charge in [0, 0.05) is 57.4 Å². The van der Waals surface area contributed by atoms with Gasteiger partial charge in [-0.15, -0.1) is 0 Å². The summed E-state index contributed by atoms with van der Waals surface area (Å²) in [6.45, 7) is 14.4. The zero-order valence-electron chi connectivity index (χ0n) is 18.9. The molecule has 1 spiro atoms. The largest absolute Gasteiger partial charge is 0.358 e. The number of hydrogen-bond acceptors (Lipinski definition) is 4. The highest BCUT2D eigenvalue weighted by atomic mass is 16.2. The number of rotatable bonds is 8. The van der Waals surface area contributed by atoms with E-state index in [1.807, 2.05) is 23.4 Å². The maximum atomic E-state index is 13.3. The van der Waals surface area contributed by atoms with Crippen LogP contribution in [0.2, 0.25) is 0 Å². The van der Waals surface area contributed by atoms with E-state index < -0.39 is 0 Å². The first kappa shape index (κ1) is 21.8. The molecule has 7 heteroatoms. The second kappa shape index (κ2) is 8.46. The highest BCUT2D eigenvalue weighted by molar-refractivity contribution is 5.85. The molecule has 0 radical (unpaired) electrons. The van der Waals surface area contributed by atoms with Crippen molar-refractivity contribution in [3.05, 3.63) is 17.5 Å². The molecule has 2 heterocycles. The van der Waals surface area contributed by atoms with Gasteiger partial charge in [-0.2, -0.15) is 5.10 Å². The Hall–Kier alpha value is -1.89. The minimum atomic E-state index is -0.111. The molecule has 1 aromatic rings. The molecule has 7 nitrogen and oxygen atoms in total. The standard InChI is InChI=1S/C22H37N5O2/c1-7-25(12-17-13-27(8-2)24-16(17)5)21(29)18-9-22(18)10-19(20(28)23-6)26(14-22)11-15(3)4/h13,15,18-19H,7-12,14H2,1-6H3,(H,23,28)/t18-,19+,22+/m1/s1. The molecule has 2 fully saturated rings. The fourth-order valence-electron chi connectivity index (χ4n) is 4.92. The van der Waals surface area contributed by atoms with Crippen LogP contribution in [0.3, 0.4) is 0 Å². The molecule has 1 aliphatic heterocycles. The first-order chi connectivity index (χ1) is 13.7. The van der Waals surface area contributed by atoms with Crippen LogP contribution in [0.1, 0.15) is 51.8 Å². The molecule has 1 saturated carbocycles. The van der Waals surface area contributed by atoms with Crippen LogP contribution in [0.4, 0.5) is 0 Å². The third kappa shape index (κ3) is 4.34. The summed E-state index contributed by atoms with van der Waals surface area (Å²) in [6, 6.07) is -0.111. The van der Waals surface area contributed by atoms with Crippen molar-refractivity contribution in [1.29, 1.82) is 0 Å². The second-order valence-corrected chi connectivity index (χ2v) is 9.22. The summed E-state index contributed by atoms with van der Waals surface area (Å²) in [7, 11) is 1.70. The SMILES string of the molecule is CCN(Cc1cn(CC)nc1C)C(=O)[C@H]1C[C@@]12C[C@@H](C(=O)NC)N(CC(C)C)C2. The lowest BCUT2D eigenvalue weighted by Gasteiger charge is -2.24. The van der Waals surface area contributed by atoms with Crippen LogP contribution in [-0.2, 0) is 22.7 Å². The molecule has 0 bridgehead atoms. The molecule has 1 aromatic heterocycles. The monoisotopic (exact) mass is 403 g/mol. The summed E-state index contributed by atoms with van der Waals surface area (Å²) < 4.78 is 1.93. The number of amides is 2. The first-order valence-electron chi connectivity index (χ1n) is 11.0. The fraction of sp³-hybridized carbons (Fsp3) is 0.773. The molecule has 1 aliphatic carbocycles. The smallest absolute Gasteiger partial charge is 0.237 e. The molecule has 3 atom stereocenters. The maximum absolute atomic E-state index is 13.3. The Morgan fingerprint density at radius 3 is 2.62 bits per heavy atom. The van der Waals surface area contributed by atoms with Crippen LogP contribution >= 0.6 is 0 Å². The lowest BCUT2D eigenvalue weighted by molar-refractivity contribution is -0.134. The second-order valence-electron chi connectivity index (χ2n) is 9.22. The Labute approximate surface area is 174 Å². The Balaban J connectivity index is 1.70. The summed E-state index contributed by atoms with van der Waals surface area (Å²) >= 11 is 0. The lowest BCUT2D eigenvalue weighted by Crippen LogP contribution is -2.43. The molecule has 3 rings (SSSR count). The van der Waals surface area contributed by atoms with Crippen molar-refractivity contribution in [2.24, 2.45) is 17.3 Å². The number of aromatic nitrogens is 2. The maximum Gasteiger partial charge on any atom is 0.237 e. The van der Waals surface area contributed by atoms with Crippen molar-refractivity contribution < 1.29 is 9.59 Å². The van der Waals surface area contributed by atoms with Crippen LogP contribution in [-0.4, -0.2) is 64.1 Å². The summed E-state index contributed by atoms with van der Waals surface area (Å²) in [5.74, 6) is 0.845. The van der Waals surface area contributed by atoms with E-state index in [0.29, 0.717) is 19.0 Å². The lowest BCUT2D eigenvalue weighted by atomic mass is 9.98. The van der Waals surface area contributed by atoms with Gasteiger partial charge in [-0.25, -0.2) is 0 Å². The molecule has 0 aromatic carbocycles. The van der Waals surface area contributed by atoms with E-state index in [1.54, 1.807) is 7.05 Å². The number of likely N-dealkylation sites (tertiary alicyclic amines) is 1.